The molecular weight excluding hydrogens is 222 g/mol. The molecular formula is C11H21N3O3. The van der Waals surface area contributed by atoms with E-state index in [-0.39, 0.29) is 31.1 Å². The number of piperidine rings is 1. The van der Waals surface area contributed by atoms with Crippen molar-refractivity contribution in [1.82, 2.24) is 10.6 Å². The van der Waals surface area contributed by atoms with Crippen LogP contribution >= 0.6 is 0 Å². The Morgan fingerprint density at radius 1 is 1.47 bits per heavy atom. The quantitative estimate of drug-likeness (QED) is 0.565. The van der Waals surface area contributed by atoms with Crippen molar-refractivity contribution in [2.45, 2.75) is 38.3 Å². The van der Waals surface area contributed by atoms with E-state index in [2.05, 4.69) is 10.6 Å². The zero-order valence-electron chi connectivity index (χ0n) is 10.2. The third-order valence-electron chi connectivity index (χ3n) is 2.65. The van der Waals surface area contributed by atoms with E-state index in [4.69, 9.17) is 10.5 Å². The molecule has 6 heteroatoms. The fourth-order valence-corrected chi connectivity index (χ4v) is 1.82. The Hall–Kier alpha value is -1.14. The molecule has 98 valence electrons. The van der Waals surface area contributed by atoms with Gasteiger partial charge in [0.1, 0.15) is 6.61 Å². The molecule has 4 N–H and O–H groups in total. The number of hydrogen-bond donors (Lipinski definition) is 3. The summed E-state index contributed by atoms with van der Waals surface area (Å²) in [6.07, 6.45) is 2.18. The molecule has 1 aliphatic heterocycles. The molecule has 1 unspecified atom stereocenters. The van der Waals surface area contributed by atoms with E-state index >= 15 is 0 Å². The minimum Gasteiger partial charge on any atom is -0.370 e. The minimum absolute atomic E-state index is 0.0494. The van der Waals surface area contributed by atoms with Crippen LogP contribution in [0.1, 0.15) is 26.2 Å². The predicted molar refractivity (Wildman–Crippen MR) is 63.3 cm³/mol. The minimum atomic E-state index is -0.419. The van der Waals surface area contributed by atoms with Gasteiger partial charge in [-0.3, -0.25) is 9.59 Å². The summed E-state index contributed by atoms with van der Waals surface area (Å²) in [7, 11) is 0. The van der Waals surface area contributed by atoms with E-state index in [1.165, 1.54) is 0 Å². The van der Waals surface area contributed by atoms with Crippen molar-refractivity contribution in [2.75, 3.05) is 19.7 Å². The van der Waals surface area contributed by atoms with Gasteiger partial charge in [0.25, 0.3) is 0 Å². The van der Waals surface area contributed by atoms with E-state index in [0.717, 1.165) is 25.9 Å². The predicted octanol–water partition coefficient (Wildman–Crippen LogP) is -0.865. The van der Waals surface area contributed by atoms with Crippen molar-refractivity contribution in [2.24, 2.45) is 5.73 Å². The van der Waals surface area contributed by atoms with E-state index in [1.807, 2.05) is 0 Å². The van der Waals surface area contributed by atoms with Gasteiger partial charge in [0.15, 0.2) is 0 Å². The van der Waals surface area contributed by atoms with E-state index in [9.17, 15) is 9.59 Å². The second kappa shape index (κ2) is 7.24. The Balaban J connectivity index is 2.13. The molecule has 0 saturated carbocycles. The second-order valence-electron chi connectivity index (χ2n) is 4.40. The topological polar surface area (TPSA) is 93.5 Å². The first-order valence-corrected chi connectivity index (χ1v) is 5.98. The van der Waals surface area contributed by atoms with Gasteiger partial charge in [0.05, 0.1) is 6.10 Å². The van der Waals surface area contributed by atoms with Gasteiger partial charge in [-0.25, -0.2) is 0 Å². The van der Waals surface area contributed by atoms with Gasteiger partial charge in [0, 0.05) is 12.5 Å². The maximum Gasteiger partial charge on any atom is 0.246 e. The highest BCUT2D eigenvalue weighted by molar-refractivity contribution is 5.79. The van der Waals surface area contributed by atoms with Crippen LogP contribution < -0.4 is 16.4 Å². The average Bonchev–Trinajstić information content (AvgIpc) is 2.26. The summed E-state index contributed by atoms with van der Waals surface area (Å²) >= 11 is 0. The van der Waals surface area contributed by atoms with Crippen molar-refractivity contribution in [3.8, 4) is 0 Å². The van der Waals surface area contributed by atoms with E-state index in [1.54, 1.807) is 6.92 Å². The van der Waals surface area contributed by atoms with Gasteiger partial charge in [0.2, 0.25) is 11.8 Å². The lowest BCUT2D eigenvalue weighted by Crippen LogP contribution is -2.40. The van der Waals surface area contributed by atoms with Crippen LogP contribution in [0.15, 0.2) is 0 Å². The molecule has 1 rings (SSSR count). The maximum atomic E-state index is 11.5. The van der Waals surface area contributed by atoms with Crippen LogP contribution in [-0.4, -0.2) is 43.7 Å². The first-order valence-electron chi connectivity index (χ1n) is 5.98. The molecule has 1 fully saturated rings. The van der Waals surface area contributed by atoms with Crippen LogP contribution in [0.4, 0.5) is 0 Å². The Bertz CT molecular complexity index is 265. The lowest BCUT2D eigenvalue weighted by molar-refractivity contribution is -0.129. The number of ether oxygens (including phenoxy) is 1. The Labute approximate surface area is 101 Å². The van der Waals surface area contributed by atoms with Crippen molar-refractivity contribution >= 4 is 11.8 Å². The summed E-state index contributed by atoms with van der Waals surface area (Å²) in [5.41, 5.74) is 5.03. The molecule has 1 aliphatic rings. The van der Waals surface area contributed by atoms with Gasteiger partial charge in [-0.2, -0.15) is 0 Å². The average molecular weight is 243 g/mol. The first kappa shape index (κ1) is 13.9. The van der Waals surface area contributed by atoms with Crippen LogP contribution in [-0.2, 0) is 14.3 Å². The van der Waals surface area contributed by atoms with Crippen LogP contribution in [0, 0.1) is 0 Å². The SMILES string of the molecule is CC(CC(N)=O)NC(=O)COC1CCNCC1. The van der Waals surface area contributed by atoms with Gasteiger partial charge < -0.3 is 21.1 Å². The number of amides is 2. The molecule has 0 aliphatic carbocycles. The summed E-state index contributed by atoms with van der Waals surface area (Å²) < 4.78 is 5.48. The molecule has 17 heavy (non-hydrogen) atoms. The zero-order valence-corrected chi connectivity index (χ0v) is 10.2. The molecule has 0 spiro atoms. The highest BCUT2D eigenvalue weighted by Crippen LogP contribution is 2.06. The fraction of sp³-hybridized carbons (Fsp3) is 0.818. The molecule has 0 aromatic rings. The van der Waals surface area contributed by atoms with Crippen LogP contribution in [0.2, 0.25) is 0 Å². The molecule has 2 amide bonds. The molecule has 0 aromatic heterocycles. The molecule has 0 bridgehead atoms. The first-order chi connectivity index (χ1) is 8.08. The summed E-state index contributed by atoms with van der Waals surface area (Å²) in [5, 5.41) is 5.89. The zero-order chi connectivity index (χ0) is 12.7. The summed E-state index contributed by atoms with van der Waals surface area (Å²) in [4.78, 5) is 22.1. The Morgan fingerprint density at radius 3 is 2.71 bits per heavy atom. The summed E-state index contributed by atoms with van der Waals surface area (Å²) in [5.74, 6) is -0.616. The Morgan fingerprint density at radius 2 is 2.12 bits per heavy atom. The van der Waals surface area contributed by atoms with Gasteiger partial charge >= 0.3 is 0 Å². The molecule has 1 heterocycles. The largest absolute Gasteiger partial charge is 0.370 e. The van der Waals surface area contributed by atoms with Crippen molar-refractivity contribution < 1.29 is 14.3 Å². The molecule has 6 nitrogen and oxygen atoms in total. The highest BCUT2D eigenvalue weighted by Gasteiger charge is 2.16. The highest BCUT2D eigenvalue weighted by atomic mass is 16.5. The normalized spacial score (nSPS) is 18.6. The number of hydrogen-bond acceptors (Lipinski definition) is 4. The van der Waals surface area contributed by atoms with Crippen molar-refractivity contribution in [1.29, 1.82) is 0 Å². The van der Waals surface area contributed by atoms with Crippen LogP contribution in [0.25, 0.3) is 0 Å². The maximum absolute atomic E-state index is 11.5. The summed E-state index contributed by atoms with van der Waals surface area (Å²) in [6, 6.07) is -0.239. The van der Waals surface area contributed by atoms with Crippen LogP contribution in [0.3, 0.4) is 0 Å². The smallest absolute Gasteiger partial charge is 0.246 e. The molecule has 0 radical (unpaired) electrons. The van der Waals surface area contributed by atoms with Crippen LogP contribution in [0.5, 0.6) is 0 Å². The van der Waals surface area contributed by atoms with Crippen molar-refractivity contribution in [3.05, 3.63) is 0 Å². The number of carbonyl (C=O) groups is 2. The van der Waals surface area contributed by atoms with E-state index in [0.29, 0.717) is 0 Å². The summed E-state index contributed by atoms with van der Waals surface area (Å²) in [6.45, 7) is 3.66. The lowest BCUT2D eigenvalue weighted by Gasteiger charge is -2.23. The molecule has 0 aromatic carbocycles. The number of nitrogens with one attached hydrogen (secondary N) is 2. The third-order valence-corrected chi connectivity index (χ3v) is 2.65. The van der Waals surface area contributed by atoms with Gasteiger partial charge in [-0.05, 0) is 32.9 Å². The van der Waals surface area contributed by atoms with Gasteiger partial charge in [-0.15, -0.1) is 0 Å². The second-order valence-corrected chi connectivity index (χ2v) is 4.40. The lowest BCUT2D eigenvalue weighted by atomic mass is 10.1. The molecule has 1 atom stereocenters. The van der Waals surface area contributed by atoms with Crippen molar-refractivity contribution in [3.63, 3.8) is 0 Å². The number of primary amides is 1. The number of nitrogens with two attached hydrogens (primary N) is 1. The van der Waals surface area contributed by atoms with Gasteiger partial charge in [-0.1, -0.05) is 0 Å². The number of carbonyl (C=O) groups excluding carboxylic acids is 2. The Kier molecular flexibility index (Phi) is 5.93. The standard InChI is InChI=1S/C11H21N3O3/c1-8(6-10(12)15)14-11(16)7-17-9-2-4-13-5-3-9/h8-9,13H,2-7H2,1H3,(H2,12,15)(H,14,16). The molecule has 1 saturated heterocycles. The third kappa shape index (κ3) is 6.23. The monoisotopic (exact) mass is 243 g/mol. The number of rotatable bonds is 6. The van der Waals surface area contributed by atoms with E-state index < -0.39 is 5.91 Å². The fourth-order valence-electron chi connectivity index (χ4n) is 1.82.